The average Bonchev–Trinajstić information content (AvgIpc) is 3.34. The minimum absolute atomic E-state index is 0.211. The molecule has 3 heterocycles. The van der Waals surface area contributed by atoms with E-state index in [0.29, 0.717) is 17.8 Å². The third-order valence-electron chi connectivity index (χ3n) is 5.55. The van der Waals surface area contributed by atoms with Gasteiger partial charge in [-0.3, -0.25) is 19.4 Å². The second-order valence-corrected chi connectivity index (χ2v) is 8.69. The van der Waals surface area contributed by atoms with E-state index in [-0.39, 0.29) is 11.8 Å². The summed E-state index contributed by atoms with van der Waals surface area (Å²) in [6.07, 6.45) is 0.756. The van der Waals surface area contributed by atoms with Gasteiger partial charge in [0.25, 0.3) is 11.8 Å². The predicted molar refractivity (Wildman–Crippen MR) is 119 cm³/mol. The van der Waals surface area contributed by atoms with E-state index in [0.717, 1.165) is 61.0 Å². The van der Waals surface area contributed by atoms with Crippen molar-refractivity contribution in [1.29, 1.82) is 0 Å². The Kier molecular flexibility index (Phi) is 6.32. The Morgan fingerprint density at radius 1 is 1.07 bits per heavy atom. The summed E-state index contributed by atoms with van der Waals surface area (Å²) in [6, 6.07) is 9.86. The van der Waals surface area contributed by atoms with Crippen LogP contribution in [-0.4, -0.2) is 61.0 Å². The summed E-state index contributed by atoms with van der Waals surface area (Å²) >= 11 is 1.48. The lowest BCUT2D eigenvalue weighted by Gasteiger charge is -2.27. The van der Waals surface area contributed by atoms with Gasteiger partial charge in [-0.1, -0.05) is 18.2 Å². The molecule has 0 saturated carbocycles. The number of hydrogen-bond acceptors (Lipinski definition) is 6. The third kappa shape index (κ3) is 4.33. The van der Waals surface area contributed by atoms with E-state index in [1.807, 2.05) is 49.6 Å². The average molecular weight is 426 g/mol. The van der Waals surface area contributed by atoms with Gasteiger partial charge in [-0.15, -0.1) is 11.3 Å². The molecule has 0 bridgehead atoms. The minimum Gasteiger partial charge on any atom is -0.379 e. The Morgan fingerprint density at radius 3 is 2.60 bits per heavy atom. The van der Waals surface area contributed by atoms with Crippen LogP contribution in [0.3, 0.4) is 0 Å². The molecule has 30 heavy (non-hydrogen) atoms. The summed E-state index contributed by atoms with van der Waals surface area (Å²) in [5.41, 5.74) is 3.84. The molecule has 2 aromatic rings. The number of nitrogens with zero attached hydrogens (tertiary/aromatic N) is 2. The number of nitrogens with one attached hydrogen (secondary N) is 1. The fourth-order valence-electron chi connectivity index (χ4n) is 3.83. The number of carbonyl (C=O) groups excluding carboxylic acids is 2. The van der Waals surface area contributed by atoms with E-state index in [1.165, 1.54) is 16.2 Å². The standard InChI is InChI=1S/C23H27N3O3S/c1-16-6-7-17(2)18(15-16)24-21-20(19-5-3-14-30-19)22(27)26(23(21)28)9-4-8-25-10-12-29-13-11-25/h3,5-7,14-15,24H,4,8-13H2,1-2H3. The lowest BCUT2D eigenvalue weighted by atomic mass is 10.1. The first-order valence-electron chi connectivity index (χ1n) is 10.3. The van der Waals surface area contributed by atoms with Gasteiger partial charge in [-0.05, 0) is 48.9 Å². The number of hydrogen-bond donors (Lipinski definition) is 1. The van der Waals surface area contributed by atoms with Crippen LogP contribution in [0.1, 0.15) is 22.4 Å². The molecule has 0 aliphatic carbocycles. The van der Waals surface area contributed by atoms with Crippen molar-refractivity contribution < 1.29 is 14.3 Å². The quantitative estimate of drug-likeness (QED) is 0.690. The SMILES string of the molecule is Cc1ccc(C)c(NC2=C(c3cccs3)C(=O)N(CCCN3CCOCC3)C2=O)c1. The first kappa shape index (κ1) is 20.8. The molecule has 6 nitrogen and oxygen atoms in total. The van der Waals surface area contributed by atoms with Crippen molar-refractivity contribution >= 4 is 34.4 Å². The second kappa shape index (κ2) is 9.12. The molecule has 2 aliphatic heterocycles. The van der Waals surface area contributed by atoms with Crippen molar-refractivity contribution in [2.45, 2.75) is 20.3 Å². The molecule has 1 aromatic carbocycles. The molecular weight excluding hydrogens is 398 g/mol. The predicted octanol–water partition coefficient (Wildman–Crippen LogP) is 3.28. The fourth-order valence-corrected chi connectivity index (χ4v) is 4.59. The van der Waals surface area contributed by atoms with Crippen LogP contribution >= 0.6 is 11.3 Å². The molecule has 0 atom stereocenters. The van der Waals surface area contributed by atoms with Crippen molar-refractivity contribution in [2.75, 3.05) is 44.7 Å². The molecule has 1 N–H and O–H groups in total. The maximum absolute atomic E-state index is 13.3. The van der Waals surface area contributed by atoms with Crippen molar-refractivity contribution in [3.8, 4) is 0 Å². The second-order valence-electron chi connectivity index (χ2n) is 7.74. The van der Waals surface area contributed by atoms with Crippen molar-refractivity contribution in [2.24, 2.45) is 0 Å². The Morgan fingerprint density at radius 2 is 1.87 bits per heavy atom. The van der Waals surface area contributed by atoms with E-state index in [9.17, 15) is 9.59 Å². The number of amides is 2. The molecule has 2 aliphatic rings. The number of ether oxygens (including phenoxy) is 1. The van der Waals surface area contributed by atoms with Gasteiger partial charge < -0.3 is 10.1 Å². The molecule has 0 radical (unpaired) electrons. The Hall–Kier alpha value is -2.48. The maximum Gasteiger partial charge on any atom is 0.278 e. The van der Waals surface area contributed by atoms with E-state index >= 15 is 0 Å². The molecule has 4 rings (SSSR count). The fraction of sp³-hybridized carbons (Fsp3) is 0.391. The molecular formula is C23H27N3O3S. The molecule has 2 amide bonds. The van der Waals surface area contributed by atoms with Crippen molar-refractivity contribution in [3.05, 3.63) is 57.4 Å². The zero-order chi connectivity index (χ0) is 21.1. The third-order valence-corrected chi connectivity index (χ3v) is 6.44. The number of benzene rings is 1. The van der Waals surface area contributed by atoms with Crippen LogP contribution in [0.4, 0.5) is 5.69 Å². The highest BCUT2D eigenvalue weighted by Gasteiger charge is 2.39. The lowest BCUT2D eigenvalue weighted by molar-refractivity contribution is -0.136. The maximum atomic E-state index is 13.3. The Bertz CT molecular complexity index is 962. The number of imide groups is 1. The van der Waals surface area contributed by atoms with E-state index in [2.05, 4.69) is 10.2 Å². The van der Waals surface area contributed by atoms with Crippen LogP contribution in [0.25, 0.3) is 5.57 Å². The molecule has 1 saturated heterocycles. The number of rotatable bonds is 7. The summed E-state index contributed by atoms with van der Waals surface area (Å²) in [4.78, 5) is 31.0. The highest BCUT2D eigenvalue weighted by Crippen LogP contribution is 2.33. The van der Waals surface area contributed by atoms with Gasteiger partial charge in [0.2, 0.25) is 0 Å². The zero-order valence-electron chi connectivity index (χ0n) is 17.4. The van der Waals surface area contributed by atoms with Crippen molar-refractivity contribution in [1.82, 2.24) is 9.80 Å². The summed E-state index contributed by atoms with van der Waals surface area (Å²) in [5, 5.41) is 5.21. The molecule has 0 spiro atoms. The summed E-state index contributed by atoms with van der Waals surface area (Å²) in [7, 11) is 0. The van der Waals surface area contributed by atoms with Crippen LogP contribution in [0.5, 0.6) is 0 Å². The number of anilines is 1. The summed E-state index contributed by atoms with van der Waals surface area (Å²) in [6.45, 7) is 8.58. The van der Waals surface area contributed by atoms with Crippen LogP contribution in [-0.2, 0) is 14.3 Å². The topological polar surface area (TPSA) is 61.9 Å². The van der Waals surface area contributed by atoms with Gasteiger partial charge in [0.1, 0.15) is 5.70 Å². The van der Waals surface area contributed by atoms with E-state index < -0.39 is 0 Å². The lowest BCUT2D eigenvalue weighted by Crippen LogP contribution is -2.39. The van der Waals surface area contributed by atoms with Crippen LogP contribution < -0.4 is 5.32 Å². The first-order chi connectivity index (χ1) is 14.5. The van der Waals surface area contributed by atoms with Crippen LogP contribution in [0, 0.1) is 13.8 Å². The monoisotopic (exact) mass is 425 g/mol. The highest BCUT2D eigenvalue weighted by molar-refractivity contribution is 7.11. The van der Waals surface area contributed by atoms with Gasteiger partial charge in [-0.25, -0.2) is 0 Å². The van der Waals surface area contributed by atoms with E-state index in [4.69, 9.17) is 4.74 Å². The Labute approximate surface area is 181 Å². The molecule has 158 valence electrons. The van der Waals surface area contributed by atoms with Gasteiger partial charge in [-0.2, -0.15) is 0 Å². The molecule has 1 fully saturated rings. The first-order valence-corrected chi connectivity index (χ1v) is 11.2. The van der Waals surface area contributed by atoms with Crippen LogP contribution in [0.2, 0.25) is 0 Å². The van der Waals surface area contributed by atoms with E-state index in [1.54, 1.807) is 0 Å². The number of morpholine rings is 1. The molecule has 1 aromatic heterocycles. The minimum atomic E-state index is -0.244. The Balaban J connectivity index is 1.54. The smallest absolute Gasteiger partial charge is 0.278 e. The normalized spacial score (nSPS) is 17.9. The highest BCUT2D eigenvalue weighted by atomic mass is 32.1. The molecule has 7 heteroatoms. The summed E-state index contributed by atoms with van der Waals surface area (Å²) < 4.78 is 5.38. The number of aryl methyl sites for hydroxylation is 2. The number of carbonyl (C=O) groups is 2. The van der Waals surface area contributed by atoms with Crippen molar-refractivity contribution in [3.63, 3.8) is 0 Å². The van der Waals surface area contributed by atoms with Gasteiger partial charge in [0.15, 0.2) is 0 Å². The van der Waals surface area contributed by atoms with Crippen LogP contribution in [0.15, 0.2) is 41.4 Å². The number of thiophene rings is 1. The zero-order valence-corrected chi connectivity index (χ0v) is 18.3. The largest absolute Gasteiger partial charge is 0.379 e. The molecule has 0 unspecified atom stereocenters. The summed E-state index contributed by atoms with van der Waals surface area (Å²) in [5.74, 6) is -0.455. The van der Waals surface area contributed by atoms with Gasteiger partial charge in [0, 0.05) is 36.7 Å². The van der Waals surface area contributed by atoms with Gasteiger partial charge >= 0.3 is 0 Å². The van der Waals surface area contributed by atoms with Gasteiger partial charge in [0.05, 0.1) is 18.8 Å².